The molecule has 2 aromatic carbocycles. The minimum Gasteiger partial charge on any atom is -0.273 e. The van der Waals surface area contributed by atoms with Gasteiger partial charge in [0.05, 0.1) is 14.7 Å². The summed E-state index contributed by atoms with van der Waals surface area (Å²) in [6, 6.07) is 6.16. The average molecular weight is 486 g/mol. The number of rotatable bonds is 6. The number of nitrogens with zero attached hydrogens (tertiary/aromatic N) is 2. The van der Waals surface area contributed by atoms with Gasteiger partial charge in [0, 0.05) is 19.2 Å². The van der Waals surface area contributed by atoms with Crippen LogP contribution in [0.2, 0.25) is 0 Å². The largest absolute Gasteiger partial charge is 0.294 e. The molecule has 3 rings (SSSR count). The first-order valence-electron chi connectivity index (χ1n) is 9.89. The molecule has 0 aliphatic carbocycles. The van der Waals surface area contributed by atoms with Crippen LogP contribution >= 0.6 is 0 Å². The Hall–Kier alpha value is -2.57. The van der Waals surface area contributed by atoms with E-state index in [1.54, 1.807) is 0 Å². The molecule has 0 bridgehead atoms. The van der Waals surface area contributed by atoms with E-state index in [1.165, 1.54) is 11.2 Å². The molecular weight excluding hydrogens is 461 g/mol. The maximum absolute atomic E-state index is 13.5. The van der Waals surface area contributed by atoms with Crippen molar-refractivity contribution >= 4 is 31.4 Å². The lowest BCUT2D eigenvalue weighted by Gasteiger charge is -2.34. The van der Waals surface area contributed by atoms with Crippen LogP contribution < -0.4 is 4.72 Å². The quantitative estimate of drug-likeness (QED) is 0.493. The van der Waals surface area contributed by atoms with Crippen molar-refractivity contribution in [1.29, 1.82) is 0 Å². The number of hydrogen-bond donors (Lipinski definition) is 1. The molecule has 1 aliphatic heterocycles. The highest BCUT2D eigenvalue weighted by molar-refractivity contribution is 7.92. The lowest BCUT2D eigenvalue weighted by molar-refractivity contribution is -0.384. The van der Waals surface area contributed by atoms with E-state index in [4.69, 9.17) is 0 Å². The summed E-state index contributed by atoms with van der Waals surface area (Å²) in [4.78, 5) is 10.2. The number of nitro groups is 1. The van der Waals surface area contributed by atoms with Gasteiger partial charge in [0.2, 0.25) is 10.0 Å². The van der Waals surface area contributed by atoms with Crippen molar-refractivity contribution < 1.29 is 26.1 Å². The fraction of sp³-hybridized carbons (Fsp3) is 0.400. The monoisotopic (exact) mass is 485 g/mol. The van der Waals surface area contributed by atoms with E-state index < -0.39 is 42.2 Å². The normalized spacial score (nSPS) is 20.1. The molecule has 1 heterocycles. The van der Waals surface area contributed by atoms with E-state index in [1.807, 2.05) is 13.8 Å². The minimum absolute atomic E-state index is 0.0915. The molecular formula is C20H24FN3O6S2. The maximum Gasteiger partial charge on any atom is 0.294 e. The van der Waals surface area contributed by atoms with E-state index in [9.17, 15) is 31.3 Å². The van der Waals surface area contributed by atoms with Gasteiger partial charge in [-0.1, -0.05) is 13.8 Å². The fourth-order valence-corrected chi connectivity index (χ4v) is 6.71. The number of benzene rings is 2. The Morgan fingerprint density at radius 2 is 1.62 bits per heavy atom. The van der Waals surface area contributed by atoms with Gasteiger partial charge in [-0.15, -0.1) is 0 Å². The van der Waals surface area contributed by atoms with Gasteiger partial charge in [0.1, 0.15) is 11.5 Å². The van der Waals surface area contributed by atoms with E-state index >= 15 is 0 Å². The third-order valence-corrected chi connectivity index (χ3v) is 8.51. The minimum atomic E-state index is -4.27. The standard InChI is InChI=1S/C20H24FN3O6S2/c1-13-8-14(2)12-23(11-13)32(29,30)17-5-7-19(20(10-17)24(25)26)22-31(27,28)16-4-6-18(21)15(3)9-16/h4-7,9-10,13-14,22H,8,11-12H2,1-3H3/t13-,14+. The van der Waals surface area contributed by atoms with Crippen molar-refractivity contribution in [3.63, 3.8) is 0 Å². The highest BCUT2D eigenvalue weighted by Gasteiger charge is 2.33. The van der Waals surface area contributed by atoms with Gasteiger partial charge in [-0.05, 0) is 61.1 Å². The second-order valence-corrected chi connectivity index (χ2v) is 11.8. The van der Waals surface area contributed by atoms with E-state index in [0.29, 0.717) is 13.1 Å². The molecule has 1 aliphatic rings. The zero-order valence-corrected chi connectivity index (χ0v) is 19.4. The van der Waals surface area contributed by atoms with Gasteiger partial charge >= 0.3 is 0 Å². The Morgan fingerprint density at radius 1 is 1.03 bits per heavy atom. The van der Waals surface area contributed by atoms with Gasteiger partial charge in [0.15, 0.2) is 0 Å². The number of aryl methyl sites for hydroxylation is 1. The molecule has 32 heavy (non-hydrogen) atoms. The Morgan fingerprint density at radius 3 is 2.19 bits per heavy atom. The van der Waals surface area contributed by atoms with Gasteiger partial charge in [-0.3, -0.25) is 14.8 Å². The van der Waals surface area contributed by atoms with Crippen LogP contribution in [-0.2, 0) is 20.0 Å². The fourth-order valence-electron chi connectivity index (χ4n) is 3.85. The Balaban J connectivity index is 1.98. The first-order valence-corrected chi connectivity index (χ1v) is 12.8. The Kier molecular flexibility index (Phi) is 6.59. The number of nitrogens with one attached hydrogen (secondary N) is 1. The second kappa shape index (κ2) is 8.75. The van der Waals surface area contributed by atoms with Crippen LogP contribution in [0.25, 0.3) is 0 Å². The van der Waals surface area contributed by atoms with Crippen LogP contribution in [0.15, 0.2) is 46.2 Å². The van der Waals surface area contributed by atoms with Gasteiger partial charge in [-0.25, -0.2) is 21.2 Å². The van der Waals surface area contributed by atoms with Crippen molar-refractivity contribution in [2.75, 3.05) is 17.8 Å². The molecule has 0 unspecified atom stereocenters. The summed E-state index contributed by atoms with van der Waals surface area (Å²) in [5.74, 6) is -0.298. The lowest BCUT2D eigenvalue weighted by Crippen LogP contribution is -2.42. The van der Waals surface area contributed by atoms with Crippen molar-refractivity contribution in [3.8, 4) is 0 Å². The van der Waals surface area contributed by atoms with Crippen molar-refractivity contribution in [1.82, 2.24) is 4.31 Å². The third kappa shape index (κ3) is 4.92. The molecule has 2 aromatic rings. The molecule has 1 fully saturated rings. The van der Waals surface area contributed by atoms with Crippen LogP contribution in [0.1, 0.15) is 25.8 Å². The summed E-state index contributed by atoms with van der Waals surface area (Å²) in [6.45, 7) is 5.88. The molecule has 0 radical (unpaired) electrons. The SMILES string of the molecule is Cc1cc(S(=O)(=O)Nc2ccc(S(=O)(=O)N3C[C@H](C)C[C@H](C)C3)cc2[N+](=O)[O-])ccc1F. The van der Waals surface area contributed by atoms with Crippen LogP contribution in [0.5, 0.6) is 0 Å². The van der Waals surface area contributed by atoms with E-state index in [0.717, 1.165) is 42.8 Å². The van der Waals surface area contributed by atoms with Gasteiger partial charge in [0.25, 0.3) is 15.7 Å². The number of halogens is 1. The zero-order valence-electron chi connectivity index (χ0n) is 17.8. The van der Waals surface area contributed by atoms with Gasteiger partial charge in [-0.2, -0.15) is 4.31 Å². The number of anilines is 1. The van der Waals surface area contributed by atoms with Crippen molar-refractivity contribution in [2.45, 2.75) is 37.0 Å². The molecule has 12 heteroatoms. The number of piperidine rings is 1. The predicted octanol–water partition coefficient (Wildman–Crippen LogP) is 3.51. The molecule has 0 aromatic heterocycles. The van der Waals surface area contributed by atoms with Crippen LogP contribution in [-0.4, -0.2) is 39.2 Å². The maximum atomic E-state index is 13.5. The first kappa shape index (κ1) is 24.1. The average Bonchev–Trinajstić information content (AvgIpc) is 2.69. The highest BCUT2D eigenvalue weighted by Crippen LogP contribution is 2.33. The Labute approximate surface area is 186 Å². The summed E-state index contributed by atoms with van der Waals surface area (Å²) in [5.41, 5.74) is -1.00. The lowest BCUT2D eigenvalue weighted by atomic mass is 9.94. The van der Waals surface area contributed by atoms with Gasteiger partial charge < -0.3 is 0 Å². The Bertz CT molecular complexity index is 1250. The molecule has 1 N–H and O–H groups in total. The zero-order chi connectivity index (χ0) is 23.8. The number of sulfonamides is 2. The smallest absolute Gasteiger partial charge is 0.273 e. The summed E-state index contributed by atoms with van der Waals surface area (Å²) in [5, 5.41) is 11.6. The van der Waals surface area contributed by atoms with Crippen LogP contribution in [0, 0.1) is 34.7 Å². The summed E-state index contributed by atoms with van der Waals surface area (Å²) in [7, 11) is -8.27. The molecule has 0 amide bonds. The molecule has 2 atom stereocenters. The van der Waals surface area contributed by atoms with E-state index in [2.05, 4.69) is 4.72 Å². The third-order valence-electron chi connectivity index (χ3n) is 5.32. The second-order valence-electron chi connectivity index (χ2n) is 8.22. The number of hydrogen-bond acceptors (Lipinski definition) is 6. The molecule has 9 nitrogen and oxygen atoms in total. The predicted molar refractivity (Wildman–Crippen MR) is 117 cm³/mol. The van der Waals surface area contributed by atoms with Crippen molar-refractivity contribution in [2.24, 2.45) is 11.8 Å². The van der Waals surface area contributed by atoms with Crippen LogP contribution in [0.3, 0.4) is 0 Å². The first-order chi connectivity index (χ1) is 14.8. The van der Waals surface area contributed by atoms with Crippen LogP contribution in [0.4, 0.5) is 15.8 Å². The summed E-state index contributed by atoms with van der Waals surface area (Å²) in [6.07, 6.45) is 0.885. The van der Waals surface area contributed by atoms with Crippen molar-refractivity contribution in [3.05, 3.63) is 57.9 Å². The topological polar surface area (TPSA) is 127 Å². The van der Waals surface area contributed by atoms with E-state index in [-0.39, 0.29) is 27.2 Å². The number of nitro benzene ring substituents is 1. The molecule has 174 valence electrons. The highest BCUT2D eigenvalue weighted by atomic mass is 32.2. The summed E-state index contributed by atoms with van der Waals surface area (Å²) < 4.78 is 68.3. The molecule has 0 saturated carbocycles. The molecule has 1 saturated heterocycles. The molecule has 0 spiro atoms. The summed E-state index contributed by atoms with van der Waals surface area (Å²) >= 11 is 0.